The largest absolute Gasteiger partial charge is 0.480 e. The molecule has 2 unspecified atom stereocenters. The van der Waals surface area contributed by atoms with Gasteiger partial charge in [0.25, 0.3) is 0 Å². The summed E-state index contributed by atoms with van der Waals surface area (Å²) in [6.07, 6.45) is 1.42. The molecule has 0 saturated carbocycles. The monoisotopic (exact) mass is 460 g/mol. The molecule has 5 nitrogen and oxygen atoms in total. The Kier molecular flexibility index (Phi) is 7.60. The van der Waals surface area contributed by atoms with Gasteiger partial charge < -0.3 is 5.11 Å². The molecule has 1 heterocycles. The number of rotatable bonds is 10. The molecular weight excluding hydrogens is 432 g/mol. The maximum absolute atomic E-state index is 11.8. The van der Waals surface area contributed by atoms with Gasteiger partial charge >= 0.3 is 5.97 Å². The Bertz CT molecular complexity index is 950. The van der Waals surface area contributed by atoms with Crippen LogP contribution in [0.3, 0.4) is 0 Å². The third-order valence-electron chi connectivity index (χ3n) is 6.32. The summed E-state index contributed by atoms with van der Waals surface area (Å²) in [5.74, 6) is -0.829. The van der Waals surface area contributed by atoms with E-state index in [1.54, 1.807) is 0 Å². The van der Waals surface area contributed by atoms with E-state index >= 15 is 0 Å². The van der Waals surface area contributed by atoms with Gasteiger partial charge in [-0.05, 0) is 29.5 Å². The van der Waals surface area contributed by atoms with Crippen molar-refractivity contribution in [2.24, 2.45) is 0 Å². The molecule has 2 N–H and O–H groups in total. The van der Waals surface area contributed by atoms with Crippen LogP contribution >= 0.6 is 11.8 Å². The number of nitrogens with one attached hydrogen (secondary N) is 1. The lowest BCUT2D eigenvalue weighted by Gasteiger charge is -2.39. The molecule has 0 bridgehead atoms. The number of likely N-dealkylation sites (tertiary alicyclic amines) is 1. The topological polar surface area (TPSA) is 69.6 Å². The van der Waals surface area contributed by atoms with Crippen LogP contribution in [0, 0.1) is 0 Å². The Morgan fingerprint density at radius 1 is 0.970 bits per heavy atom. The number of nitrogens with zero attached hydrogens (tertiary/aromatic N) is 1. The zero-order valence-electron chi connectivity index (χ0n) is 18.3. The molecule has 2 atom stereocenters. The van der Waals surface area contributed by atoms with Crippen molar-refractivity contribution in [3.05, 3.63) is 108 Å². The van der Waals surface area contributed by atoms with Crippen LogP contribution in [0.5, 0.6) is 0 Å². The second-order valence-electron chi connectivity index (χ2n) is 8.15. The second kappa shape index (κ2) is 10.8. The van der Waals surface area contributed by atoms with Crippen LogP contribution in [0.4, 0.5) is 0 Å². The van der Waals surface area contributed by atoms with Crippen molar-refractivity contribution in [2.75, 3.05) is 13.1 Å². The lowest BCUT2D eigenvalue weighted by molar-refractivity contribution is -0.142. The summed E-state index contributed by atoms with van der Waals surface area (Å²) >= 11 is 1.14. The zero-order valence-corrected chi connectivity index (χ0v) is 19.2. The molecule has 1 aliphatic heterocycles. The summed E-state index contributed by atoms with van der Waals surface area (Å²) in [6, 6.07) is 30.2. The Morgan fingerprint density at radius 3 is 1.88 bits per heavy atom. The molecule has 1 aliphatic rings. The van der Waals surface area contributed by atoms with Crippen molar-refractivity contribution in [3.8, 4) is 0 Å². The summed E-state index contributed by atoms with van der Waals surface area (Å²) in [7, 11) is 0. The molecule has 4 rings (SSSR count). The first-order valence-electron chi connectivity index (χ1n) is 11.2. The molecule has 0 spiro atoms. The molecule has 3 aromatic rings. The first-order chi connectivity index (χ1) is 16.2. The van der Waals surface area contributed by atoms with E-state index in [9.17, 15) is 14.7 Å². The van der Waals surface area contributed by atoms with Gasteiger partial charge in [0.15, 0.2) is 5.62 Å². The zero-order chi connectivity index (χ0) is 23.1. The number of carboxylic acid groups (broad SMARTS) is 1. The highest BCUT2D eigenvalue weighted by Gasteiger charge is 2.40. The van der Waals surface area contributed by atoms with Crippen molar-refractivity contribution in [1.29, 1.82) is 0 Å². The Balaban J connectivity index is 1.78. The summed E-state index contributed by atoms with van der Waals surface area (Å²) in [5, 5.41) is 13.2. The third kappa shape index (κ3) is 4.88. The summed E-state index contributed by atoms with van der Waals surface area (Å²) < 4.78 is 0. The van der Waals surface area contributed by atoms with Crippen LogP contribution in [-0.4, -0.2) is 46.1 Å². The van der Waals surface area contributed by atoms with Gasteiger partial charge in [0.2, 0.25) is 0 Å². The number of carbonyl (C=O) groups excluding carboxylic acids is 1. The number of carbonyl (C=O) groups is 2. The van der Waals surface area contributed by atoms with E-state index in [2.05, 4.69) is 41.7 Å². The minimum absolute atomic E-state index is 0.290. The van der Waals surface area contributed by atoms with Gasteiger partial charge in [-0.1, -0.05) is 103 Å². The smallest absolute Gasteiger partial charge is 0.320 e. The van der Waals surface area contributed by atoms with Crippen LogP contribution in [0.15, 0.2) is 91.0 Å². The second-order valence-corrected chi connectivity index (χ2v) is 9.16. The minimum Gasteiger partial charge on any atom is -0.480 e. The molecule has 33 heavy (non-hydrogen) atoms. The molecule has 170 valence electrons. The van der Waals surface area contributed by atoms with Crippen LogP contribution in [0.1, 0.15) is 29.5 Å². The standard InChI is InChI=1S/C27H28N2O3S/c30-20-33-25(29-18-10-17-24(29)26(31)32)19-28-27(21-11-4-1-5-12-21,22-13-6-2-7-14-22)23-15-8-3-9-16-23/h1-9,11-16,20,24-25,28H,10,17-19H2,(H,31,32). The van der Waals surface area contributed by atoms with Gasteiger partial charge in [-0.3, -0.25) is 19.8 Å². The van der Waals surface area contributed by atoms with Crippen molar-refractivity contribution in [1.82, 2.24) is 10.2 Å². The minimum atomic E-state index is -0.829. The fraction of sp³-hybridized carbons (Fsp3) is 0.259. The SMILES string of the molecule is O=CSC(CNC(c1ccccc1)(c1ccccc1)c1ccccc1)N1CCCC1C(=O)O. The number of hydrogen-bond donors (Lipinski definition) is 2. The quantitative estimate of drug-likeness (QED) is 0.346. The van der Waals surface area contributed by atoms with E-state index in [0.717, 1.165) is 40.5 Å². The first kappa shape index (κ1) is 23.2. The molecule has 3 aromatic carbocycles. The van der Waals surface area contributed by atoms with Crippen molar-refractivity contribution in [2.45, 2.75) is 29.8 Å². The Labute approximate surface area is 198 Å². The lowest BCUT2D eigenvalue weighted by atomic mass is 9.77. The van der Waals surface area contributed by atoms with Crippen LogP contribution in [0.2, 0.25) is 0 Å². The molecule has 1 fully saturated rings. The lowest BCUT2D eigenvalue weighted by Crippen LogP contribution is -2.52. The molecule has 6 heteroatoms. The van der Waals surface area contributed by atoms with Gasteiger partial charge in [-0.2, -0.15) is 0 Å². The number of aliphatic carboxylic acids is 1. The normalized spacial score (nSPS) is 17.5. The summed E-state index contributed by atoms with van der Waals surface area (Å²) in [6.45, 7) is 1.10. The van der Waals surface area contributed by atoms with Gasteiger partial charge in [-0.25, -0.2) is 0 Å². The van der Waals surface area contributed by atoms with Gasteiger partial charge in [0, 0.05) is 13.1 Å². The van der Waals surface area contributed by atoms with E-state index in [4.69, 9.17) is 0 Å². The van der Waals surface area contributed by atoms with Crippen molar-refractivity contribution >= 4 is 23.3 Å². The van der Waals surface area contributed by atoms with Gasteiger partial charge in [-0.15, -0.1) is 0 Å². The predicted octanol–water partition coefficient (Wildman–Crippen LogP) is 4.37. The van der Waals surface area contributed by atoms with E-state index in [-0.39, 0.29) is 5.37 Å². The fourth-order valence-corrected chi connectivity index (χ4v) is 5.53. The fourth-order valence-electron chi connectivity index (χ4n) is 4.82. The Hall–Kier alpha value is -2.93. The van der Waals surface area contributed by atoms with E-state index < -0.39 is 17.6 Å². The van der Waals surface area contributed by atoms with Crippen molar-refractivity contribution < 1.29 is 14.7 Å². The average Bonchev–Trinajstić information content (AvgIpc) is 3.36. The number of thioether (sulfide) groups is 1. The van der Waals surface area contributed by atoms with E-state index in [0.29, 0.717) is 19.5 Å². The first-order valence-corrected chi connectivity index (χ1v) is 12.1. The number of carboxylic acids is 1. The average molecular weight is 461 g/mol. The summed E-state index contributed by atoms with van der Waals surface area (Å²) in [5.41, 5.74) is 3.39. The van der Waals surface area contributed by atoms with Gasteiger partial charge in [0.1, 0.15) is 6.04 Å². The molecule has 0 aromatic heterocycles. The Morgan fingerprint density at radius 2 is 1.45 bits per heavy atom. The molecule has 0 aliphatic carbocycles. The van der Waals surface area contributed by atoms with Crippen LogP contribution < -0.4 is 5.32 Å². The van der Waals surface area contributed by atoms with Crippen molar-refractivity contribution in [3.63, 3.8) is 0 Å². The maximum atomic E-state index is 11.8. The molecule has 0 amide bonds. The van der Waals surface area contributed by atoms with E-state index in [1.807, 2.05) is 59.5 Å². The highest BCUT2D eigenvalue weighted by Crippen LogP contribution is 2.37. The highest BCUT2D eigenvalue weighted by molar-refractivity contribution is 8.12. The number of hydrogen-bond acceptors (Lipinski definition) is 5. The van der Waals surface area contributed by atoms with Crippen LogP contribution in [-0.2, 0) is 15.1 Å². The van der Waals surface area contributed by atoms with Crippen LogP contribution in [0.25, 0.3) is 0 Å². The maximum Gasteiger partial charge on any atom is 0.320 e. The van der Waals surface area contributed by atoms with E-state index in [1.165, 1.54) is 0 Å². The van der Waals surface area contributed by atoms with Gasteiger partial charge in [0.05, 0.1) is 10.9 Å². The predicted molar refractivity (Wildman–Crippen MR) is 133 cm³/mol. The number of benzene rings is 3. The highest BCUT2D eigenvalue weighted by atomic mass is 32.2. The summed E-state index contributed by atoms with van der Waals surface area (Å²) in [4.78, 5) is 25.3. The molecule has 0 radical (unpaired) electrons. The third-order valence-corrected chi connectivity index (χ3v) is 7.19. The molecule has 1 saturated heterocycles. The molecular formula is C27H28N2O3S.